The van der Waals surface area contributed by atoms with Crippen LogP contribution in [0.4, 0.5) is 8.78 Å². The Balaban J connectivity index is 3.31. The van der Waals surface area contributed by atoms with E-state index in [0.717, 1.165) is 3.57 Å². The normalized spacial score (nSPS) is 10.3. The van der Waals surface area contributed by atoms with Gasteiger partial charge < -0.3 is 0 Å². The van der Waals surface area contributed by atoms with Crippen LogP contribution in [0.1, 0.15) is 17.7 Å². The molecule has 14 heavy (non-hydrogen) atoms. The van der Waals surface area contributed by atoms with Crippen molar-refractivity contribution in [1.29, 1.82) is 5.26 Å². The summed E-state index contributed by atoms with van der Waals surface area (Å²) in [4.78, 5) is 3.64. The highest BCUT2D eigenvalue weighted by atomic mass is 127. The molecule has 6 heteroatoms. The van der Waals surface area contributed by atoms with Gasteiger partial charge >= 0.3 is 0 Å². The van der Waals surface area contributed by atoms with Crippen LogP contribution in [0.25, 0.3) is 0 Å². The van der Waals surface area contributed by atoms with Gasteiger partial charge in [-0.1, -0.05) is 0 Å². The van der Waals surface area contributed by atoms with Crippen molar-refractivity contribution >= 4 is 45.2 Å². The van der Waals surface area contributed by atoms with Gasteiger partial charge in [0.2, 0.25) is 0 Å². The van der Waals surface area contributed by atoms with Crippen molar-refractivity contribution in [2.75, 3.05) is 0 Å². The minimum absolute atomic E-state index is 0.0260. The fourth-order valence-corrected chi connectivity index (χ4v) is 2.02. The highest BCUT2D eigenvalue weighted by Gasteiger charge is 2.18. The molecule has 0 atom stereocenters. The second-order valence-corrected chi connectivity index (χ2v) is 4.66. The van der Waals surface area contributed by atoms with E-state index in [-0.39, 0.29) is 12.1 Å². The number of alkyl halides is 2. The monoisotopic (exact) mass is 420 g/mol. The summed E-state index contributed by atoms with van der Waals surface area (Å²) in [5.41, 5.74) is 0.0615. The molecule has 1 heterocycles. The topological polar surface area (TPSA) is 36.7 Å². The molecule has 0 saturated heterocycles. The molecule has 1 aromatic heterocycles. The van der Waals surface area contributed by atoms with Crippen LogP contribution in [0.5, 0.6) is 0 Å². The highest BCUT2D eigenvalue weighted by molar-refractivity contribution is 14.1. The van der Waals surface area contributed by atoms with Crippen molar-refractivity contribution in [1.82, 2.24) is 4.98 Å². The maximum atomic E-state index is 12.5. The lowest BCUT2D eigenvalue weighted by atomic mass is 10.1. The smallest absolute Gasteiger partial charge is 0.254 e. The number of pyridine rings is 1. The Labute approximate surface area is 107 Å². The number of hydrogen-bond donors (Lipinski definition) is 0. The SMILES string of the molecule is N#CCc1c(C(F)F)ncc(I)c1I. The molecule has 1 aromatic rings. The van der Waals surface area contributed by atoms with E-state index in [1.165, 1.54) is 6.20 Å². The van der Waals surface area contributed by atoms with Gasteiger partial charge in [-0.25, -0.2) is 8.78 Å². The average Bonchev–Trinajstić information content (AvgIpc) is 2.13. The second kappa shape index (κ2) is 5.16. The van der Waals surface area contributed by atoms with Gasteiger partial charge in [0.25, 0.3) is 6.43 Å². The fraction of sp³-hybridized carbons (Fsp3) is 0.250. The lowest BCUT2D eigenvalue weighted by Crippen LogP contribution is -2.02. The summed E-state index contributed by atoms with van der Waals surface area (Å²) in [5.74, 6) is 0. The molecule has 0 N–H and O–H groups in total. The van der Waals surface area contributed by atoms with E-state index in [1.807, 2.05) is 51.3 Å². The van der Waals surface area contributed by atoms with Crippen LogP contribution in [0.3, 0.4) is 0 Å². The lowest BCUT2D eigenvalue weighted by molar-refractivity contribution is 0.145. The molecule has 0 fully saturated rings. The van der Waals surface area contributed by atoms with Crippen LogP contribution in [0.2, 0.25) is 0 Å². The van der Waals surface area contributed by atoms with E-state index in [1.54, 1.807) is 0 Å². The number of nitrogens with zero attached hydrogens (tertiary/aromatic N) is 2. The van der Waals surface area contributed by atoms with Gasteiger partial charge in [-0.15, -0.1) is 0 Å². The molecule has 0 aliphatic rings. The first kappa shape index (κ1) is 12.0. The van der Waals surface area contributed by atoms with E-state index in [2.05, 4.69) is 4.98 Å². The molecule has 2 nitrogen and oxygen atoms in total. The molecule has 0 aliphatic heterocycles. The summed E-state index contributed by atoms with van der Waals surface area (Å²) in [7, 11) is 0. The van der Waals surface area contributed by atoms with E-state index < -0.39 is 6.43 Å². The number of aromatic nitrogens is 1. The first-order valence-electron chi connectivity index (χ1n) is 3.55. The molecule has 74 valence electrons. The van der Waals surface area contributed by atoms with Crippen molar-refractivity contribution in [3.05, 3.63) is 24.6 Å². The Hall–Kier alpha value is -0.0400. The van der Waals surface area contributed by atoms with Gasteiger partial charge in [-0.3, -0.25) is 4.98 Å². The molecule has 0 amide bonds. The van der Waals surface area contributed by atoms with E-state index in [0.29, 0.717) is 9.13 Å². The van der Waals surface area contributed by atoms with Crippen LogP contribution in [0.15, 0.2) is 6.20 Å². The molecule has 0 radical (unpaired) electrons. The van der Waals surface area contributed by atoms with Crippen molar-refractivity contribution in [3.63, 3.8) is 0 Å². The first-order chi connectivity index (χ1) is 6.57. The second-order valence-electron chi connectivity index (χ2n) is 2.42. The number of hydrogen-bond acceptors (Lipinski definition) is 2. The van der Waals surface area contributed by atoms with Crippen LogP contribution < -0.4 is 0 Å². The van der Waals surface area contributed by atoms with Crippen LogP contribution >= 0.6 is 45.2 Å². The van der Waals surface area contributed by atoms with Crippen molar-refractivity contribution < 1.29 is 8.78 Å². The summed E-state index contributed by atoms with van der Waals surface area (Å²) in [6.07, 6.45) is -1.25. The Bertz CT molecular complexity index is 388. The quantitative estimate of drug-likeness (QED) is 0.690. The zero-order chi connectivity index (χ0) is 10.7. The molecule has 0 saturated carbocycles. The van der Waals surface area contributed by atoms with Gasteiger partial charge in [-0.2, -0.15) is 5.26 Å². The maximum absolute atomic E-state index is 12.5. The minimum Gasteiger partial charge on any atom is -0.254 e. The van der Waals surface area contributed by atoms with Gasteiger partial charge in [0.1, 0.15) is 5.69 Å². The molecule has 0 unspecified atom stereocenters. The zero-order valence-corrected chi connectivity index (χ0v) is 11.1. The third-order valence-corrected chi connectivity index (χ3v) is 4.65. The molecule has 0 aromatic carbocycles. The average molecular weight is 420 g/mol. The summed E-state index contributed by atoms with van der Waals surface area (Å²) in [6.45, 7) is 0. The number of nitriles is 1. The standard InChI is InChI=1S/C8H4F2I2N2/c9-8(10)7-4(1-2-13)6(12)5(11)3-14-7/h3,8H,1H2. The fourth-order valence-electron chi connectivity index (χ4n) is 0.953. The third-order valence-electron chi connectivity index (χ3n) is 1.56. The molecule has 0 aliphatic carbocycles. The Kier molecular flexibility index (Phi) is 4.43. The third kappa shape index (κ3) is 2.50. The van der Waals surface area contributed by atoms with Gasteiger partial charge in [0, 0.05) is 18.9 Å². The predicted molar refractivity (Wildman–Crippen MR) is 63.9 cm³/mol. The number of halogens is 4. The Morgan fingerprint density at radius 3 is 2.64 bits per heavy atom. The first-order valence-corrected chi connectivity index (χ1v) is 5.71. The van der Waals surface area contributed by atoms with Crippen LogP contribution in [0, 0.1) is 18.5 Å². The summed E-state index contributed by atoms with van der Waals surface area (Å²) in [6, 6.07) is 1.87. The summed E-state index contributed by atoms with van der Waals surface area (Å²) in [5, 5.41) is 8.51. The largest absolute Gasteiger partial charge is 0.280 e. The van der Waals surface area contributed by atoms with Gasteiger partial charge in [0.15, 0.2) is 0 Å². The van der Waals surface area contributed by atoms with E-state index >= 15 is 0 Å². The van der Waals surface area contributed by atoms with Crippen molar-refractivity contribution in [3.8, 4) is 6.07 Å². The number of rotatable bonds is 2. The molecular weight excluding hydrogens is 416 g/mol. The van der Waals surface area contributed by atoms with Crippen molar-refractivity contribution in [2.45, 2.75) is 12.8 Å². The van der Waals surface area contributed by atoms with Crippen LogP contribution in [-0.4, -0.2) is 4.98 Å². The predicted octanol–water partition coefficient (Wildman–Crippen LogP) is 3.29. The Morgan fingerprint density at radius 2 is 2.14 bits per heavy atom. The lowest BCUT2D eigenvalue weighted by Gasteiger charge is -2.08. The summed E-state index contributed by atoms with van der Waals surface area (Å²) >= 11 is 3.96. The molecule has 1 rings (SSSR count). The van der Waals surface area contributed by atoms with Gasteiger partial charge in [-0.05, 0) is 45.2 Å². The van der Waals surface area contributed by atoms with E-state index in [9.17, 15) is 8.78 Å². The zero-order valence-electron chi connectivity index (χ0n) is 6.77. The van der Waals surface area contributed by atoms with Crippen molar-refractivity contribution in [2.24, 2.45) is 0 Å². The molecule has 0 spiro atoms. The van der Waals surface area contributed by atoms with Crippen LogP contribution in [-0.2, 0) is 6.42 Å². The minimum atomic E-state index is -2.62. The molecular formula is C8H4F2I2N2. The molecule has 0 bridgehead atoms. The summed E-state index contributed by atoms with van der Waals surface area (Å²) < 4.78 is 26.4. The highest BCUT2D eigenvalue weighted by Crippen LogP contribution is 2.27. The maximum Gasteiger partial charge on any atom is 0.280 e. The van der Waals surface area contributed by atoms with Gasteiger partial charge in [0.05, 0.1) is 12.5 Å². The Morgan fingerprint density at radius 1 is 1.50 bits per heavy atom. The van der Waals surface area contributed by atoms with E-state index in [4.69, 9.17) is 5.26 Å².